The van der Waals surface area contributed by atoms with Crippen molar-refractivity contribution in [3.05, 3.63) is 170 Å². The van der Waals surface area contributed by atoms with Crippen LogP contribution in [0.2, 0.25) is 0 Å². The van der Waals surface area contributed by atoms with Gasteiger partial charge in [-0.15, -0.1) is 0 Å². The van der Waals surface area contributed by atoms with Crippen LogP contribution in [0.1, 0.15) is 0 Å². The van der Waals surface area contributed by atoms with Crippen LogP contribution in [-0.4, -0.2) is 0 Å². The lowest BCUT2D eigenvalue weighted by Gasteiger charge is -2.19. The summed E-state index contributed by atoms with van der Waals surface area (Å²) in [5.41, 5.74) is 5.07. The van der Waals surface area contributed by atoms with E-state index in [1.807, 2.05) is 11.8 Å². The molecule has 0 bridgehead atoms. The van der Waals surface area contributed by atoms with Gasteiger partial charge in [-0.25, -0.2) is 0 Å². The van der Waals surface area contributed by atoms with Crippen LogP contribution in [0.25, 0.3) is 76.1 Å². The molecule has 0 aliphatic carbocycles. The third-order valence-corrected chi connectivity index (χ3v) is 10.3. The maximum Gasteiger partial charge on any atom is 0.0279 e. The Labute approximate surface area is 266 Å². The van der Waals surface area contributed by atoms with Gasteiger partial charge in [0.05, 0.1) is 0 Å². The van der Waals surface area contributed by atoms with Crippen molar-refractivity contribution < 1.29 is 0 Å². The largest absolute Gasteiger partial charge is 0.0881 e. The first kappa shape index (κ1) is 26.1. The van der Waals surface area contributed by atoms with Gasteiger partial charge in [0, 0.05) is 9.79 Å². The molecule has 210 valence electrons. The molecule has 9 rings (SSSR count). The molecule has 9 aromatic carbocycles. The van der Waals surface area contributed by atoms with E-state index in [-0.39, 0.29) is 0 Å². The van der Waals surface area contributed by atoms with Crippen LogP contribution in [0.3, 0.4) is 0 Å². The summed E-state index contributed by atoms with van der Waals surface area (Å²) >= 11 is 1.88. The molecule has 0 aliphatic heterocycles. The summed E-state index contributed by atoms with van der Waals surface area (Å²) in [7, 11) is 0. The molecule has 0 saturated carbocycles. The number of fused-ring (bicyclic) bond motifs is 5. The zero-order valence-electron chi connectivity index (χ0n) is 24.6. The number of hydrogen-bond donors (Lipinski definition) is 0. The topological polar surface area (TPSA) is 0 Å². The van der Waals surface area contributed by atoms with Crippen LogP contribution in [0.15, 0.2) is 180 Å². The Kier molecular flexibility index (Phi) is 6.18. The molecule has 0 heterocycles. The van der Waals surface area contributed by atoms with E-state index in [0.29, 0.717) is 0 Å². The lowest BCUT2D eigenvalue weighted by atomic mass is 9.87. The fourth-order valence-corrected chi connectivity index (χ4v) is 8.26. The van der Waals surface area contributed by atoms with Crippen LogP contribution in [0.5, 0.6) is 0 Å². The van der Waals surface area contributed by atoms with Crippen LogP contribution < -0.4 is 0 Å². The number of hydrogen-bond acceptors (Lipinski definition) is 1. The van der Waals surface area contributed by atoms with Gasteiger partial charge in [-0.05, 0) is 88.2 Å². The molecular weight excluding hydrogens is 561 g/mol. The van der Waals surface area contributed by atoms with Crippen molar-refractivity contribution in [2.24, 2.45) is 0 Å². The molecule has 45 heavy (non-hydrogen) atoms. The fourth-order valence-electron chi connectivity index (χ4n) is 7.02. The van der Waals surface area contributed by atoms with Gasteiger partial charge in [0.1, 0.15) is 0 Å². The first-order valence-electron chi connectivity index (χ1n) is 15.4. The van der Waals surface area contributed by atoms with Crippen molar-refractivity contribution in [1.29, 1.82) is 0 Å². The standard InChI is InChI=1S/C44H28S/c1-2-14-31-28-32(27-26-29(31)12-1)33-21-10-23-36-35(33)22-11-24-37(36)43-38-17-5-7-19-40(38)44(41-20-8-6-18-39(41)43)45-42-25-9-15-30-13-3-4-16-34(30)42/h1-28H. The van der Waals surface area contributed by atoms with E-state index in [0.717, 1.165) is 0 Å². The van der Waals surface area contributed by atoms with Gasteiger partial charge in [-0.1, -0.05) is 169 Å². The molecule has 0 fully saturated rings. The molecule has 0 atom stereocenters. The highest BCUT2D eigenvalue weighted by atomic mass is 32.2. The van der Waals surface area contributed by atoms with Crippen molar-refractivity contribution in [3.63, 3.8) is 0 Å². The highest BCUT2D eigenvalue weighted by molar-refractivity contribution is 8.00. The predicted molar refractivity (Wildman–Crippen MR) is 195 cm³/mol. The Morgan fingerprint density at radius 3 is 1.56 bits per heavy atom. The van der Waals surface area contributed by atoms with Gasteiger partial charge in [0.15, 0.2) is 0 Å². The van der Waals surface area contributed by atoms with E-state index < -0.39 is 0 Å². The van der Waals surface area contributed by atoms with Gasteiger partial charge in [-0.3, -0.25) is 0 Å². The molecule has 0 saturated heterocycles. The Hall–Kier alpha value is -5.37. The van der Waals surface area contributed by atoms with Crippen molar-refractivity contribution in [2.45, 2.75) is 9.79 Å². The summed E-state index contributed by atoms with van der Waals surface area (Å²) < 4.78 is 0. The molecule has 0 nitrogen and oxygen atoms in total. The average Bonchev–Trinajstić information content (AvgIpc) is 3.11. The van der Waals surface area contributed by atoms with Gasteiger partial charge in [-0.2, -0.15) is 0 Å². The SMILES string of the molecule is c1ccc2cc(-c3cccc4c(-c5c6ccccc6c(Sc6cccc7ccccc67)c6ccccc56)cccc34)ccc2c1. The van der Waals surface area contributed by atoms with Crippen LogP contribution in [0, 0.1) is 0 Å². The van der Waals surface area contributed by atoms with Crippen molar-refractivity contribution in [1.82, 2.24) is 0 Å². The Morgan fingerprint density at radius 2 is 0.822 bits per heavy atom. The minimum atomic E-state index is 1.24. The van der Waals surface area contributed by atoms with Gasteiger partial charge < -0.3 is 0 Å². The first-order valence-corrected chi connectivity index (χ1v) is 16.3. The molecule has 0 radical (unpaired) electrons. The van der Waals surface area contributed by atoms with E-state index in [4.69, 9.17) is 0 Å². The van der Waals surface area contributed by atoms with Gasteiger partial charge >= 0.3 is 0 Å². The first-order chi connectivity index (χ1) is 22.3. The van der Waals surface area contributed by atoms with Gasteiger partial charge in [0.2, 0.25) is 0 Å². The molecule has 1 heteroatoms. The summed E-state index contributed by atoms with van der Waals surface area (Å²) in [5.74, 6) is 0. The highest BCUT2D eigenvalue weighted by Crippen LogP contribution is 2.48. The minimum absolute atomic E-state index is 1.24. The number of benzene rings is 9. The normalized spacial score (nSPS) is 11.6. The zero-order chi connectivity index (χ0) is 29.7. The summed E-state index contributed by atoms with van der Waals surface area (Å²) in [6, 6.07) is 62.2. The molecule has 0 unspecified atom stereocenters. The van der Waals surface area contributed by atoms with Crippen LogP contribution in [-0.2, 0) is 0 Å². The molecule has 0 amide bonds. The quantitative estimate of drug-likeness (QED) is 0.184. The average molecular weight is 589 g/mol. The van der Waals surface area contributed by atoms with E-state index in [2.05, 4.69) is 170 Å². The molecule has 0 spiro atoms. The summed E-state index contributed by atoms with van der Waals surface area (Å²) in [4.78, 5) is 2.58. The highest BCUT2D eigenvalue weighted by Gasteiger charge is 2.19. The minimum Gasteiger partial charge on any atom is -0.0881 e. The zero-order valence-corrected chi connectivity index (χ0v) is 25.4. The Morgan fingerprint density at radius 1 is 0.311 bits per heavy atom. The Bertz CT molecular complexity index is 2510. The molecule has 0 aromatic heterocycles. The van der Waals surface area contributed by atoms with Crippen molar-refractivity contribution in [2.75, 3.05) is 0 Å². The summed E-state index contributed by atoms with van der Waals surface area (Å²) in [5, 5.41) is 12.8. The van der Waals surface area contributed by atoms with Crippen LogP contribution in [0.4, 0.5) is 0 Å². The third kappa shape index (κ3) is 4.31. The number of rotatable bonds is 4. The molecular formula is C44H28S. The maximum atomic E-state index is 2.32. The lowest BCUT2D eigenvalue weighted by molar-refractivity contribution is 1.52. The predicted octanol–water partition coefficient (Wildman–Crippen LogP) is 12.9. The monoisotopic (exact) mass is 588 g/mol. The molecule has 0 N–H and O–H groups in total. The summed E-state index contributed by atoms with van der Waals surface area (Å²) in [6.45, 7) is 0. The lowest BCUT2D eigenvalue weighted by Crippen LogP contribution is -1.91. The Balaban J connectivity index is 1.30. The van der Waals surface area contributed by atoms with E-state index in [9.17, 15) is 0 Å². The third-order valence-electron chi connectivity index (χ3n) is 9.10. The fraction of sp³-hybridized carbons (Fsp3) is 0. The van der Waals surface area contributed by atoms with E-state index >= 15 is 0 Å². The summed E-state index contributed by atoms with van der Waals surface area (Å²) in [6.07, 6.45) is 0. The van der Waals surface area contributed by atoms with E-state index in [1.165, 1.54) is 85.9 Å². The second-order valence-corrected chi connectivity index (χ2v) is 12.7. The van der Waals surface area contributed by atoms with Crippen LogP contribution >= 0.6 is 11.8 Å². The smallest absolute Gasteiger partial charge is 0.0279 e. The van der Waals surface area contributed by atoms with Crippen molar-refractivity contribution >= 4 is 65.6 Å². The van der Waals surface area contributed by atoms with E-state index in [1.54, 1.807) is 0 Å². The molecule has 9 aromatic rings. The maximum absolute atomic E-state index is 2.32. The molecule has 0 aliphatic rings. The van der Waals surface area contributed by atoms with Crippen molar-refractivity contribution in [3.8, 4) is 22.3 Å². The second kappa shape index (κ2) is 10.7. The second-order valence-electron chi connectivity index (χ2n) is 11.6. The van der Waals surface area contributed by atoms with Gasteiger partial charge in [0.25, 0.3) is 0 Å².